The van der Waals surface area contributed by atoms with Crippen LogP contribution in [0.4, 0.5) is 5.82 Å². The summed E-state index contributed by atoms with van der Waals surface area (Å²) in [5, 5.41) is 12.2. The first-order valence-corrected chi connectivity index (χ1v) is 6.09. The fourth-order valence-electron chi connectivity index (χ4n) is 1.44. The number of aryl methyl sites for hydroxylation is 2. The van der Waals surface area contributed by atoms with Gasteiger partial charge in [-0.2, -0.15) is 5.26 Å². The molecule has 2 rings (SSSR count). The highest BCUT2D eigenvalue weighted by Crippen LogP contribution is 2.17. The van der Waals surface area contributed by atoms with Gasteiger partial charge in [0, 0.05) is 10.6 Å². The second-order valence-electron chi connectivity index (χ2n) is 3.68. The molecule has 0 saturated carbocycles. The number of hydrogen-bond donors (Lipinski definition) is 1. The Bertz CT molecular complexity index is 568. The fourth-order valence-corrected chi connectivity index (χ4v) is 2.16. The van der Waals surface area contributed by atoms with E-state index in [0.717, 1.165) is 16.3 Å². The van der Waals surface area contributed by atoms with Gasteiger partial charge in [0.05, 0.1) is 23.3 Å². The van der Waals surface area contributed by atoms with E-state index in [2.05, 4.69) is 21.4 Å². The van der Waals surface area contributed by atoms with Crippen LogP contribution in [-0.4, -0.2) is 9.97 Å². The molecular formula is C12H12N4S. The Morgan fingerprint density at radius 1 is 1.41 bits per heavy atom. The molecule has 5 heteroatoms. The third kappa shape index (κ3) is 2.60. The van der Waals surface area contributed by atoms with Gasteiger partial charge in [0.1, 0.15) is 11.9 Å². The number of thiazole rings is 1. The predicted molar refractivity (Wildman–Crippen MR) is 67.9 cm³/mol. The van der Waals surface area contributed by atoms with Crippen LogP contribution in [0.3, 0.4) is 0 Å². The standard InChI is InChI=1S/C12H12N4S/c1-8-3-4-10(5-13)12(16-8)14-6-11-9(2)15-7-17-11/h3-4,7H,6H2,1-2H3,(H,14,16). The Balaban J connectivity index is 2.17. The number of pyridine rings is 1. The monoisotopic (exact) mass is 244 g/mol. The first kappa shape index (κ1) is 11.6. The molecule has 0 atom stereocenters. The molecule has 0 bridgehead atoms. The molecule has 0 aliphatic rings. The minimum atomic E-state index is 0.567. The molecule has 0 saturated heterocycles. The van der Waals surface area contributed by atoms with Gasteiger partial charge in [-0.3, -0.25) is 0 Å². The maximum absolute atomic E-state index is 8.98. The molecule has 0 amide bonds. The van der Waals surface area contributed by atoms with E-state index in [4.69, 9.17) is 5.26 Å². The number of nitrogens with one attached hydrogen (secondary N) is 1. The van der Waals surface area contributed by atoms with Gasteiger partial charge in [0.15, 0.2) is 0 Å². The highest BCUT2D eigenvalue weighted by Gasteiger charge is 2.06. The molecular weight excluding hydrogens is 232 g/mol. The van der Waals surface area contributed by atoms with Crippen molar-refractivity contribution in [2.24, 2.45) is 0 Å². The molecule has 0 radical (unpaired) electrons. The summed E-state index contributed by atoms with van der Waals surface area (Å²) in [7, 11) is 0. The minimum Gasteiger partial charge on any atom is -0.364 e. The first-order chi connectivity index (χ1) is 8.20. The number of hydrogen-bond acceptors (Lipinski definition) is 5. The number of nitriles is 1. The third-order valence-corrected chi connectivity index (χ3v) is 3.35. The molecule has 17 heavy (non-hydrogen) atoms. The zero-order chi connectivity index (χ0) is 12.3. The molecule has 0 fully saturated rings. The van der Waals surface area contributed by atoms with Gasteiger partial charge in [-0.05, 0) is 26.0 Å². The van der Waals surface area contributed by atoms with E-state index in [0.29, 0.717) is 17.9 Å². The lowest BCUT2D eigenvalue weighted by molar-refractivity contribution is 1.08. The van der Waals surface area contributed by atoms with Crippen LogP contribution in [0.2, 0.25) is 0 Å². The van der Waals surface area contributed by atoms with Crippen LogP contribution >= 0.6 is 11.3 Å². The number of aromatic nitrogens is 2. The van der Waals surface area contributed by atoms with Gasteiger partial charge in [0.25, 0.3) is 0 Å². The van der Waals surface area contributed by atoms with Crippen molar-refractivity contribution >= 4 is 17.2 Å². The van der Waals surface area contributed by atoms with Crippen molar-refractivity contribution in [3.8, 4) is 6.07 Å². The van der Waals surface area contributed by atoms with E-state index in [1.54, 1.807) is 17.4 Å². The SMILES string of the molecule is Cc1ccc(C#N)c(NCc2scnc2C)n1. The fraction of sp³-hybridized carbons (Fsp3) is 0.250. The molecule has 0 aliphatic carbocycles. The minimum absolute atomic E-state index is 0.567. The molecule has 2 heterocycles. The average Bonchev–Trinajstić information content (AvgIpc) is 2.72. The Hall–Kier alpha value is -1.93. The van der Waals surface area contributed by atoms with E-state index in [1.165, 1.54) is 0 Å². The Labute approximate surface area is 104 Å². The lowest BCUT2D eigenvalue weighted by Crippen LogP contribution is -2.04. The average molecular weight is 244 g/mol. The Morgan fingerprint density at radius 2 is 2.24 bits per heavy atom. The summed E-state index contributed by atoms with van der Waals surface area (Å²) in [4.78, 5) is 9.67. The van der Waals surface area contributed by atoms with Gasteiger partial charge in [-0.15, -0.1) is 11.3 Å². The smallest absolute Gasteiger partial charge is 0.144 e. The second-order valence-corrected chi connectivity index (χ2v) is 4.61. The van der Waals surface area contributed by atoms with Crippen LogP contribution in [0.15, 0.2) is 17.6 Å². The van der Waals surface area contributed by atoms with E-state index in [1.807, 2.05) is 25.4 Å². The summed E-state index contributed by atoms with van der Waals surface area (Å²) < 4.78 is 0. The van der Waals surface area contributed by atoms with Crippen molar-refractivity contribution in [1.82, 2.24) is 9.97 Å². The molecule has 86 valence electrons. The molecule has 0 unspecified atom stereocenters. The Morgan fingerprint density at radius 3 is 2.88 bits per heavy atom. The van der Waals surface area contributed by atoms with E-state index in [-0.39, 0.29) is 0 Å². The summed E-state index contributed by atoms with van der Waals surface area (Å²) in [5.74, 6) is 0.639. The number of rotatable bonds is 3. The molecule has 2 aromatic heterocycles. The van der Waals surface area contributed by atoms with Crippen LogP contribution in [0, 0.1) is 25.2 Å². The van der Waals surface area contributed by atoms with Crippen LogP contribution in [-0.2, 0) is 6.54 Å². The van der Waals surface area contributed by atoms with Crippen molar-refractivity contribution in [3.63, 3.8) is 0 Å². The van der Waals surface area contributed by atoms with Crippen molar-refractivity contribution in [3.05, 3.63) is 39.5 Å². The molecule has 0 aromatic carbocycles. The molecule has 0 aliphatic heterocycles. The zero-order valence-corrected chi connectivity index (χ0v) is 10.5. The van der Waals surface area contributed by atoms with Gasteiger partial charge < -0.3 is 5.32 Å². The highest BCUT2D eigenvalue weighted by atomic mass is 32.1. The summed E-state index contributed by atoms with van der Waals surface area (Å²) in [6.07, 6.45) is 0. The van der Waals surface area contributed by atoms with Crippen LogP contribution in [0.1, 0.15) is 21.8 Å². The first-order valence-electron chi connectivity index (χ1n) is 5.21. The summed E-state index contributed by atoms with van der Waals surface area (Å²) >= 11 is 1.60. The second kappa shape index (κ2) is 4.93. The normalized spacial score (nSPS) is 9.94. The van der Waals surface area contributed by atoms with E-state index in [9.17, 15) is 0 Å². The van der Waals surface area contributed by atoms with Crippen molar-refractivity contribution < 1.29 is 0 Å². The van der Waals surface area contributed by atoms with Gasteiger partial charge in [-0.25, -0.2) is 9.97 Å². The van der Waals surface area contributed by atoms with Crippen LogP contribution in [0.25, 0.3) is 0 Å². The zero-order valence-electron chi connectivity index (χ0n) is 9.69. The highest BCUT2D eigenvalue weighted by molar-refractivity contribution is 7.09. The van der Waals surface area contributed by atoms with E-state index >= 15 is 0 Å². The van der Waals surface area contributed by atoms with Gasteiger partial charge in [-0.1, -0.05) is 0 Å². The summed E-state index contributed by atoms with van der Waals surface area (Å²) in [6, 6.07) is 5.75. The maximum atomic E-state index is 8.98. The number of nitrogens with zero attached hydrogens (tertiary/aromatic N) is 3. The van der Waals surface area contributed by atoms with Gasteiger partial charge in [0.2, 0.25) is 0 Å². The molecule has 1 N–H and O–H groups in total. The predicted octanol–water partition coefficient (Wildman–Crippen LogP) is 2.64. The van der Waals surface area contributed by atoms with Crippen molar-refractivity contribution in [2.75, 3.05) is 5.32 Å². The quantitative estimate of drug-likeness (QED) is 0.901. The molecule has 2 aromatic rings. The van der Waals surface area contributed by atoms with Crippen molar-refractivity contribution in [2.45, 2.75) is 20.4 Å². The van der Waals surface area contributed by atoms with Crippen LogP contribution < -0.4 is 5.32 Å². The summed E-state index contributed by atoms with van der Waals surface area (Å²) in [6.45, 7) is 4.54. The van der Waals surface area contributed by atoms with Crippen LogP contribution in [0.5, 0.6) is 0 Å². The maximum Gasteiger partial charge on any atom is 0.144 e. The Kier molecular flexibility index (Phi) is 3.35. The molecule has 4 nitrogen and oxygen atoms in total. The molecule has 0 spiro atoms. The topological polar surface area (TPSA) is 61.6 Å². The lowest BCUT2D eigenvalue weighted by Gasteiger charge is -2.07. The lowest BCUT2D eigenvalue weighted by atomic mass is 10.2. The summed E-state index contributed by atoms with van der Waals surface area (Å²) in [5.41, 5.74) is 4.31. The third-order valence-electron chi connectivity index (χ3n) is 2.42. The largest absolute Gasteiger partial charge is 0.364 e. The van der Waals surface area contributed by atoms with Crippen molar-refractivity contribution in [1.29, 1.82) is 5.26 Å². The van der Waals surface area contributed by atoms with Gasteiger partial charge >= 0.3 is 0 Å². The van der Waals surface area contributed by atoms with E-state index < -0.39 is 0 Å². The number of anilines is 1.